The Kier molecular flexibility index (Phi) is 3.47. The Bertz CT molecular complexity index is 507. The van der Waals surface area contributed by atoms with Crippen LogP contribution in [0.5, 0.6) is 0 Å². The second-order valence-electron chi connectivity index (χ2n) is 4.15. The van der Waals surface area contributed by atoms with Gasteiger partial charge in [0.15, 0.2) is 0 Å². The molecule has 0 heterocycles. The fraction of sp³-hybridized carbons (Fsp3) is 0.364. The zero-order valence-corrected chi connectivity index (χ0v) is 11.1. The normalized spacial score (nSPS) is 25.2. The number of halogens is 5. The Hall–Kier alpha value is -0.580. The van der Waals surface area contributed by atoms with E-state index in [0.29, 0.717) is 5.56 Å². The van der Waals surface area contributed by atoms with Crippen LogP contribution in [0.1, 0.15) is 23.5 Å². The number of alkyl halides is 4. The molecule has 98 valence electrons. The topological polar surface area (TPSA) is 43.1 Å². The van der Waals surface area contributed by atoms with Crippen molar-refractivity contribution in [2.75, 3.05) is 0 Å². The molecule has 2 nitrogen and oxygen atoms in total. The van der Waals surface area contributed by atoms with E-state index in [-0.39, 0.29) is 10.6 Å². The van der Waals surface area contributed by atoms with E-state index in [1.54, 1.807) is 0 Å². The SMILES string of the molecule is NC(=O)C1C(c2cc(Cl)cc(C(F)F)c2)C1(Cl)Cl. The lowest BCUT2D eigenvalue weighted by molar-refractivity contribution is -0.119. The Balaban J connectivity index is 2.39. The summed E-state index contributed by atoms with van der Waals surface area (Å²) in [6, 6.07) is 3.85. The number of carbonyl (C=O) groups is 1. The molecule has 1 aromatic carbocycles. The standard InChI is InChI=1S/C11H8Cl3F2NO/c12-6-2-4(1-5(3-6)9(15)16)7-8(10(17)18)11(7,13)14/h1-3,7-9H,(H2,17,18). The van der Waals surface area contributed by atoms with Gasteiger partial charge >= 0.3 is 0 Å². The van der Waals surface area contributed by atoms with Crippen molar-refractivity contribution in [1.82, 2.24) is 0 Å². The molecule has 7 heteroatoms. The number of benzene rings is 1. The van der Waals surface area contributed by atoms with E-state index < -0.39 is 28.5 Å². The van der Waals surface area contributed by atoms with Crippen molar-refractivity contribution in [3.63, 3.8) is 0 Å². The van der Waals surface area contributed by atoms with Crippen molar-refractivity contribution in [3.05, 3.63) is 34.3 Å². The summed E-state index contributed by atoms with van der Waals surface area (Å²) in [5, 5.41) is 0.141. The first-order valence-electron chi connectivity index (χ1n) is 5.00. The highest BCUT2D eigenvalue weighted by Crippen LogP contribution is 2.65. The summed E-state index contributed by atoms with van der Waals surface area (Å²) >= 11 is 17.6. The molecule has 0 aliphatic heterocycles. The first-order chi connectivity index (χ1) is 8.25. The molecule has 0 bridgehead atoms. The number of nitrogens with two attached hydrogens (primary N) is 1. The summed E-state index contributed by atoms with van der Waals surface area (Å²) in [6.07, 6.45) is -2.66. The van der Waals surface area contributed by atoms with E-state index in [9.17, 15) is 13.6 Å². The van der Waals surface area contributed by atoms with Crippen molar-refractivity contribution < 1.29 is 13.6 Å². The minimum absolute atomic E-state index is 0.141. The van der Waals surface area contributed by atoms with Gasteiger partial charge in [-0.1, -0.05) is 11.6 Å². The van der Waals surface area contributed by atoms with E-state index in [2.05, 4.69) is 0 Å². The molecule has 1 aliphatic carbocycles. The van der Waals surface area contributed by atoms with E-state index in [1.807, 2.05) is 0 Å². The molecule has 1 fully saturated rings. The fourth-order valence-electron chi connectivity index (χ4n) is 2.04. The number of carbonyl (C=O) groups excluding carboxylic acids is 1. The zero-order chi connectivity index (χ0) is 13.7. The molecule has 2 unspecified atom stereocenters. The van der Waals surface area contributed by atoms with Gasteiger partial charge in [-0.2, -0.15) is 0 Å². The van der Waals surface area contributed by atoms with E-state index in [0.717, 1.165) is 6.07 Å². The van der Waals surface area contributed by atoms with E-state index >= 15 is 0 Å². The maximum atomic E-state index is 12.6. The number of amides is 1. The molecule has 0 saturated heterocycles. The lowest BCUT2D eigenvalue weighted by Crippen LogP contribution is -2.16. The van der Waals surface area contributed by atoms with Crippen molar-refractivity contribution in [2.24, 2.45) is 11.7 Å². The molecule has 2 rings (SSSR count). The number of rotatable bonds is 3. The average Bonchev–Trinajstić information content (AvgIpc) is 2.80. The third kappa shape index (κ3) is 2.29. The largest absolute Gasteiger partial charge is 0.369 e. The third-order valence-electron chi connectivity index (χ3n) is 2.91. The van der Waals surface area contributed by atoms with Gasteiger partial charge in [-0.05, 0) is 23.8 Å². The molecule has 0 spiro atoms. The van der Waals surface area contributed by atoms with Crippen LogP contribution in [0.25, 0.3) is 0 Å². The van der Waals surface area contributed by atoms with Crippen LogP contribution in [-0.4, -0.2) is 10.2 Å². The van der Waals surface area contributed by atoms with Crippen LogP contribution in [0.3, 0.4) is 0 Å². The molecule has 18 heavy (non-hydrogen) atoms. The predicted octanol–water partition coefficient (Wildman–Crippen LogP) is 3.65. The molecule has 2 atom stereocenters. The van der Waals surface area contributed by atoms with Crippen LogP contribution in [0.15, 0.2) is 18.2 Å². The molecule has 1 aromatic rings. The lowest BCUT2D eigenvalue weighted by Gasteiger charge is -2.06. The number of primary amides is 1. The molecule has 1 amide bonds. The van der Waals surface area contributed by atoms with Crippen LogP contribution in [-0.2, 0) is 4.79 Å². The third-order valence-corrected chi connectivity index (χ3v) is 4.07. The highest BCUT2D eigenvalue weighted by molar-refractivity contribution is 6.53. The second kappa shape index (κ2) is 4.51. The molecule has 2 N–H and O–H groups in total. The summed E-state index contributed by atoms with van der Waals surface area (Å²) in [6.45, 7) is 0. The Morgan fingerprint density at radius 2 is 1.94 bits per heavy atom. The van der Waals surface area contributed by atoms with E-state index in [4.69, 9.17) is 40.5 Å². The van der Waals surface area contributed by atoms with Gasteiger partial charge in [-0.3, -0.25) is 4.79 Å². The molecular weight excluding hydrogens is 306 g/mol. The van der Waals surface area contributed by atoms with Gasteiger partial charge in [-0.25, -0.2) is 8.78 Å². The van der Waals surface area contributed by atoms with Crippen LogP contribution < -0.4 is 5.73 Å². The maximum absolute atomic E-state index is 12.6. The molecule has 0 radical (unpaired) electrons. The van der Waals surface area contributed by atoms with E-state index in [1.165, 1.54) is 12.1 Å². The monoisotopic (exact) mass is 313 g/mol. The minimum atomic E-state index is -2.66. The fourth-order valence-corrected chi connectivity index (χ4v) is 3.13. The van der Waals surface area contributed by atoms with Crippen LogP contribution in [0, 0.1) is 5.92 Å². The number of hydrogen-bond donors (Lipinski definition) is 1. The quantitative estimate of drug-likeness (QED) is 0.850. The average molecular weight is 315 g/mol. The summed E-state index contributed by atoms with van der Waals surface area (Å²) < 4.78 is 23.9. The van der Waals surface area contributed by atoms with Crippen molar-refractivity contribution in [3.8, 4) is 0 Å². The Morgan fingerprint density at radius 3 is 2.39 bits per heavy atom. The van der Waals surface area contributed by atoms with Crippen molar-refractivity contribution >= 4 is 40.7 Å². The zero-order valence-electron chi connectivity index (χ0n) is 8.84. The maximum Gasteiger partial charge on any atom is 0.263 e. The second-order valence-corrected chi connectivity index (χ2v) is 6.03. The summed E-state index contributed by atoms with van der Waals surface area (Å²) in [5.41, 5.74) is 5.30. The van der Waals surface area contributed by atoms with Crippen LogP contribution >= 0.6 is 34.8 Å². The first-order valence-corrected chi connectivity index (χ1v) is 6.14. The van der Waals surface area contributed by atoms with Gasteiger partial charge in [0.05, 0.1) is 5.92 Å². The highest BCUT2D eigenvalue weighted by Gasteiger charge is 2.67. The van der Waals surface area contributed by atoms with Gasteiger partial charge in [0, 0.05) is 16.5 Å². The van der Waals surface area contributed by atoms with Gasteiger partial charge in [0.2, 0.25) is 5.91 Å². The smallest absolute Gasteiger partial charge is 0.263 e. The number of hydrogen-bond acceptors (Lipinski definition) is 1. The van der Waals surface area contributed by atoms with Crippen molar-refractivity contribution in [1.29, 1.82) is 0 Å². The molecule has 1 saturated carbocycles. The lowest BCUT2D eigenvalue weighted by atomic mass is 10.1. The molecule has 0 aromatic heterocycles. The molecule has 1 aliphatic rings. The summed E-state index contributed by atoms with van der Waals surface area (Å²) in [4.78, 5) is 11.1. The predicted molar refractivity (Wildman–Crippen MR) is 66.3 cm³/mol. The Morgan fingerprint density at radius 1 is 1.33 bits per heavy atom. The van der Waals surface area contributed by atoms with Crippen LogP contribution in [0.2, 0.25) is 5.02 Å². The first kappa shape index (κ1) is 13.8. The molecular formula is C11H8Cl3F2NO. The van der Waals surface area contributed by atoms with Crippen LogP contribution in [0.4, 0.5) is 8.78 Å². The highest BCUT2D eigenvalue weighted by atomic mass is 35.5. The Labute approximate surface area is 117 Å². The summed E-state index contributed by atoms with van der Waals surface area (Å²) in [7, 11) is 0. The van der Waals surface area contributed by atoms with Gasteiger partial charge < -0.3 is 5.73 Å². The van der Waals surface area contributed by atoms with Gasteiger partial charge in [0.25, 0.3) is 6.43 Å². The van der Waals surface area contributed by atoms with Gasteiger partial charge in [-0.15, -0.1) is 23.2 Å². The minimum Gasteiger partial charge on any atom is -0.369 e. The summed E-state index contributed by atoms with van der Waals surface area (Å²) in [5.74, 6) is -2.05. The van der Waals surface area contributed by atoms with Crippen molar-refractivity contribution in [2.45, 2.75) is 16.7 Å². The van der Waals surface area contributed by atoms with Gasteiger partial charge in [0.1, 0.15) is 4.33 Å².